The summed E-state index contributed by atoms with van der Waals surface area (Å²) in [5.74, 6) is 0.0274. The molecule has 3 rings (SSSR count). The van der Waals surface area contributed by atoms with E-state index in [1.54, 1.807) is 29.2 Å². The zero-order chi connectivity index (χ0) is 19.4. The van der Waals surface area contributed by atoms with Gasteiger partial charge in [-0.05, 0) is 36.8 Å². The van der Waals surface area contributed by atoms with Crippen LogP contribution in [0.2, 0.25) is 0 Å². The van der Waals surface area contributed by atoms with E-state index in [-0.39, 0.29) is 10.8 Å². The Labute approximate surface area is 168 Å². The fourth-order valence-electron chi connectivity index (χ4n) is 2.75. The van der Waals surface area contributed by atoms with E-state index >= 15 is 0 Å². The van der Waals surface area contributed by atoms with E-state index < -0.39 is 10.0 Å². The van der Waals surface area contributed by atoms with Gasteiger partial charge in [0, 0.05) is 26.2 Å². The zero-order valence-electron chi connectivity index (χ0n) is 15.2. The molecule has 2 aromatic rings. The summed E-state index contributed by atoms with van der Waals surface area (Å²) in [5, 5.41) is 2.34. The van der Waals surface area contributed by atoms with Crippen LogP contribution >= 0.6 is 23.1 Å². The predicted molar refractivity (Wildman–Crippen MR) is 111 cm³/mol. The molecule has 0 unspecified atom stereocenters. The number of carbonyl (C=O) groups excluding carboxylic acids is 1. The van der Waals surface area contributed by atoms with Gasteiger partial charge in [-0.2, -0.15) is 8.42 Å². The summed E-state index contributed by atoms with van der Waals surface area (Å²) >= 11 is 2.73. The van der Waals surface area contributed by atoms with Crippen molar-refractivity contribution in [3.8, 4) is 0 Å². The van der Waals surface area contributed by atoms with Crippen LogP contribution in [0.5, 0.6) is 0 Å². The number of benzene rings is 1. The number of hydrogen-bond donors (Lipinski definition) is 0. The van der Waals surface area contributed by atoms with Crippen molar-refractivity contribution in [1.82, 2.24) is 9.80 Å². The van der Waals surface area contributed by atoms with Crippen LogP contribution in [-0.2, 0) is 10.0 Å². The van der Waals surface area contributed by atoms with Crippen molar-refractivity contribution in [1.29, 1.82) is 0 Å². The zero-order valence-corrected chi connectivity index (χ0v) is 17.6. The minimum atomic E-state index is -3.76. The molecule has 0 bridgehead atoms. The van der Waals surface area contributed by atoms with Gasteiger partial charge in [-0.15, -0.1) is 15.7 Å². The van der Waals surface area contributed by atoms with Gasteiger partial charge in [0.25, 0.3) is 15.9 Å². The molecule has 1 aliphatic heterocycles. The van der Waals surface area contributed by atoms with Gasteiger partial charge < -0.3 is 9.80 Å². The largest absolute Gasteiger partial charge is 0.347 e. The Bertz CT molecular complexity index is 915. The van der Waals surface area contributed by atoms with Gasteiger partial charge >= 0.3 is 0 Å². The molecule has 144 valence electrons. The van der Waals surface area contributed by atoms with Gasteiger partial charge in [0.15, 0.2) is 5.17 Å². The number of amides is 1. The van der Waals surface area contributed by atoms with E-state index in [0.29, 0.717) is 31.3 Å². The molecular weight excluding hydrogens is 402 g/mol. The smallest absolute Gasteiger partial charge is 0.284 e. The van der Waals surface area contributed by atoms with Crippen LogP contribution in [0.25, 0.3) is 0 Å². The molecular formula is C18H21N3O3S3. The Morgan fingerprint density at radius 2 is 1.70 bits per heavy atom. The Balaban J connectivity index is 1.70. The number of rotatable bonds is 3. The Kier molecular flexibility index (Phi) is 6.23. The maximum Gasteiger partial charge on any atom is 0.284 e. The molecule has 0 N–H and O–H groups in total. The first-order valence-electron chi connectivity index (χ1n) is 8.44. The molecule has 0 spiro atoms. The van der Waals surface area contributed by atoms with Crippen molar-refractivity contribution in [3.63, 3.8) is 0 Å². The van der Waals surface area contributed by atoms with Gasteiger partial charge in [-0.3, -0.25) is 4.79 Å². The van der Waals surface area contributed by atoms with Gasteiger partial charge in [0.1, 0.15) is 0 Å². The second-order valence-electron chi connectivity index (χ2n) is 6.12. The molecule has 1 aromatic heterocycles. The molecule has 27 heavy (non-hydrogen) atoms. The van der Waals surface area contributed by atoms with Crippen molar-refractivity contribution in [3.05, 3.63) is 52.2 Å². The second kappa shape index (κ2) is 8.45. The van der Waals surface area contributed by atoms with E-state index in [1.807, 2.05) is 35.6 Å². The second-order valence-corrected chi connectivity index (χ2v) is 9.45. The molecule has 9 heteroatoms. The summed E-state index contributed by atoms with van der Waals surface area (Å²) in [5.41, 5.74) is 0.995. The third kappa shape index (κ3) is 4.72. The molecule has 1 aliphatic rings. The van der Waals surface area contributed by atoms with Crippen molar-refractivity contribution >= 4 is 44.2 Å². The minimum Gasteiger partial charge on any atom is -0.347 e. The molecule has 1 saturated heterocycles. The molecule has 0 atom stereocenters. The highest BCUT2D eigenvalue weighted by molar-refractivity contribution is 8.13. The van der Waals surface area contributed by atoms with Crippen LogP contribution in [0.4, 0.5) is 0 Å². The molecule has 1 aromatic carbocycles. The Hall–Kier alpha value is -1.84. The van der Waals surface area contributed by atoms with E-state index in [4.69, 9.17) is 0 Å². The third-order valence-corrected chi connectivity index (χ3v) is 7.24. The average molecular weight is 424 g/mol. The van der Waals surface area contributed by atoms with E-state index in [1.165, 1.54) is 23.1 Å². The van der Waals surface area contributed by atoms with E-state index in [9.17, 15) is 13.2 Å². The first-order valence-corrected chi connectivity index (χ1v) is 12.0. The first kappa shape index (κ1) is 19.9. The normalized spacial score (nSPS) is 15.9. The molecule has 1 fully saturated rings. The molecule has 1 amide bonds. The van der Waals surface area contributed by atoms with Gasteiger partial charge in [-0.25, -0.2) is 0 Å². The number of piperazine rings is 1. The number of nitrogens with zero attached hydrogens (tertiary/aromatic N) is 3. The SMILES string of the molecule is CS/C(=N/S(=O)(=O)c1ccc(C)cc1)N1CCN(C(=O)c2cccs2)CC1. The maximum atomic E-state index is 12.6. The van der Waals surface area contributed by atoms with Crippen LogP contribution in [0.1, 0.15) is 15.2 Å². The topological polar surface area (TPSA) is 70.1 Å². The van der Waals surface area contributed by atoms with Gasteiger partial charge in [0.05, 0.1) is 9.77 Å². The first-order chi connectivity index (χ1) is 12.9. The van der Waals surface area contributed by atoms with Crippen molar-refractivity contribution in [2.24, 2.45) is 4.40 Å². The van der Waals surface area contributed by atoms with E-state index in [0.717, 1.165) is 10.4 Å². The number of aryl methyl sites for hydroxylation is 1. The lowest BCUT2D eigenvalue weighted by Gasteiger charge is -2.35. The van der Waals surface area contributed by atoms with Crippen molar-refractivity contribution in [2.45, 2.75) is 11.8 Å². The fraction of sp³-hybridized carbons (Fsp3) is 0.333. The summed E-state index contributed by atoms with van der Waals surface area (Å²) in [6.07, 6.45) is 1.81. The Morgan fingerprint density at radius 3 is 2.26 bits per heavy atom. The highest BCUT2D eigenvalue weighted by atomic mass is 32.2. The number of amidine groups is 1. The number of thioether (sulfide) groups is 1. The highest BCUT2D eigenvalue weighted by Crippen LogP contribution is 2.19. The lowest BCUT2D eigenvalue weighted by Crippen LogP contribution is -2.50. The summed E-state index contributed by atoms with van der Waals surface area (Å²) in [4.78, 5) is 17.1. The van der Waals surface area contributed by atoms with Crippen molar-refractivity contribution < 1.29 is 13.2 Å². The number of thiophene rings is 1. The summed E-state index contributed by atoms with van der Waals surface area (Å²) in [6, 6.07) is 10.4. The summed E-state index contributed by atoms with van der Waals surface area (Å²) < 4.78 is 29.2. The lowest BCUT2D eigenvalue weighted by atomic mass is 10.2. The van der Waals surface area contributed by atoms with Crippen LogP contribution in [0.3, 0.4) is 0 Å². The fourth-order valence-corrected chi connectivity index (χ4v) is 5.38. The molecule has 0 saturated carbocycles. The minimum absolute atomic E-state index is 0.0274. The monoisotopic (exact) mass is 423 g/mol. The van der Waals surface area contributed by atoms with Crippen LogP contribution < -0.4 is 0 Å². The van der Waals surface area contributed by atoms with Gasteiger partial charge in [-0.1, -0.05) is 35.5 Å². The average Bonchev–Trinajstić information content (AvgIpc) is 3.21. The van der Waals surface area contributed by atoms with E-state index in [2.05, 4.69) is 4.40 Å². The Morgan fingerprint density at radius 1 is 1.07 bits per heavy atom. The van der Waals surface area contributed by atoms with Gasteiger partial charge in [0.2, 0.25) is 0 Å². The molecule has 0 aliphatic carbocycles. The molecule has 0 radical (unpaired) electrons. The summed E-state index contributed by atoms with van der Waals surface area (Å²) in [6.45, 7) is 4.10. The number of hydrogen-bond acceptors (Lipinski definition) is 5. The molecule has 2 heterocycles. The quantitative estimate of drug-likeness (QED) is 0.561. The number of sulfonamides is 1. The lowest BCUT2D eigenvalue weighted by molar-refractivity contribution is 0.0698. The maximum absolute atomic E-state index is 12.6. The summed E-state index contributed by atoms with van der Waals surface area (Å²) in [7, 11) is -3.76. The van der Waals surface area contributed by atoms with Crippen LogP contribution in [0, 0.1) is 6.92 Å². The van der Waals surface area contributed by atoms with Crippen molar-refractivity contribution in [2.75, 3.05) is 32.4 Å². The standard InChI is InChI=1S/C18H21N3O3S3/c1-14-5-7-15(8-6-14)27(23,24)19-18(25-2)21-11-9-20(10-12-21)17(22)16-4-3-13-26-16/h3-8,13H,9-12H2,1-2H3/b19-18+. The third-order valence-electron chi connectivity index (χ3n) is 4.27. The van der Waals surface area contributed by atoms with Crippen LogP contribution in [0.15, 0.2) is 51.1 Å². The van der Waals surface area contributed by atoms with Crippen LogP contribution in [-0.4, -0.2) is 61.7 Å². The highest BCUT2D eigenvalue weighted by Gasteiger charge is 2.25. The predicted octanol–water partition coefficient (Wildman–Crippen LogP) is 2.92. The number of carbonyl (C=O) groups is 1. The molecule has 6 nitrogen and oxygen atoms in total.